The second-order valence-corrected chi connectivity index (χ2v) is 11.3. The minimum atomic E-state index is -0.312. The van der Waals surface area contributed by atoms with Gasteiger partial charge in [-0.25, -0.2) is 4.98 Å². The highest BCUT2D eigenvalue weighted by molar-refractivity contribution is 7.13. The van der Waals surface area contributed by atoms with Gasteiger partial charge in [0, 0.05) is 10.9 Å². The van der Waals surface area contributed by atoms with Crippen LogP contribution in [0.25, 0.3) is 10.6 Å². The van der Waals surface area contributed by atoms with Crippen molar-refractivity contribution in [3.8, 4) is 10.6 Å². The van der Waals surface area contributed by atoms with E-state index in [-0.39, 0.29) is 23.4 Å². The molecule has 164 valence electrons. The van der Waals surface area contributed by atoms with Gasteiger partial charge in [0.1, 0.15) is 11.6 Å². The quantitative estimate of drug-likeness (QED) is 0.412. The zero-order valence-corrected chi connectivity index (χ0v) is 19.4. The summed E-state index contributed by atoms with van der Waals surface area (Å²) in [6.07, 6.45) is 6.70. The van der Waals surface area contributed by atoms with Gasteiger partial charge in [0.2, 0.25) is 0 Å². The third kappa shape index (κ3) is 3.40. The van der Waals surface area contributed by atoms with E-state index in [1.165, 1.54) is 30.4 Å². The highest BCUT2D eigenvalue weighted by Gasteiger charge is 2.61. The van der Waals surface area contributed by atoms with Gasteiger partial charge in [0.15, 0.2) is 0 Å². The summed E-state index contributed by atoms with van der Waals surface area (Å²) < 4.78 is 5.97. The third-order valence-corrected chi connectivity index (χ3v) is 9.02. The number of esters is 1. The Morgan fingerprint density at radius 2 is 1.75 bits per heavy atom. The SMILES string of the molecule is Cc1ccc(C23C[C@@H]4C[C@H](CC(C(=O)OCc5csc(-c6ccccc6)n5)(C4)C2)C3)cc1. The molecule has 2 atom stereocenters. The first kappa shape index (κ1) is 20.2. The first-order chi connectivity index (χ1) is 15.5. The monoisotopic (exact) mass is 443 g/mol. The predicted octanol–water partition coefficient (Wildman–Crippen LogP) is 6.70. The Balaban J connectivity index is 1.20. The zero-order valence-electron chi connectivity index (χ0n) is 18.5. The molecule has 2 aromatic carbocycles. The average molecular weight is 444 g/mol. The normalized spacial score (nSPS) is 30.4. The number of benzene rings is 2. The van der Waals surface area contributed by atoms with Gasteiger partial charge in [-0.15, -0.1) is 11.3 Å². The molecular weight excluding hydrogens is 414 g/mol. The van der Waals surface area contributed by atoms with Gasteiger partial charge < -0.3 is 4.74 Å². The molecule has 0 N–H and O–H groups in total. The number of aryl methyl sites for hydroxylation is 1. The number of thiazole rings is 1. The zero-order chi connectivity index (χ0) is 21.8. The van der Waals surface area contributed by atoms with Gasteiger partial charge in [0.05, 0.1) is 11.1 Å². The fourth-order valence-corrected chi connectivity index (χ4v) is 7.94. The molecule has 0 saturated heterocycles. The maximum Gasteiger partial charge on any atom is 0.312 e. The summed E-state index contributed by atoms with van der Waals surface area (Å²) in [5, 5.41) is 2.99. The van der Waals surface area contributed by atoms with Crippen LogP contribution in [0.1, 0.15) is 55.3 Å². The first-order valence-electron chi connectivity index (χ1n) is 11.8. The molecule has 7 rings (SSSR count). The Morgan fingerprint density at radius 1 is 1.03 bits per heavy atom. The van der Waals surface area contributed by atoms with E-state index in [1.54, 1.807) is 11.3 Å². The van der Waals surface area contributed by atoms with E-state index in [1.807, 2.05) is 23.6 Å². The van der Waals surface area contributed by atoms with Crippen molar-refractivity contribution in [2.75, 3.05) is 0 Å². The number of hydrogen-bond acceptors (Lipinski definition) is 4. The Hall–Kier alpha value is -2.46. The predicted molar refractivity (Wildman–Crippen MR) is 127 cm³/mol. The van der Waals surface area contributed by atoms with Crippen molar-refractivity contribution < 1.29 is 9.53 Å². The fourth-order valence-electron chi connectivity index (χ4n) is 7.13. The lowest BCUT2D eigenvalue weighted by Crippen LogP contribution is -2.57. The molecular formula is C28H29NO2S. The molecule has 1 heterocycles. The number of carbonyl (C=O) groups is 1. The van der Waals surface area contributed by atoms with E-state index in [2.05, 4.69) is 43.3 Å². The van der Waals surface area contributed by atoms with Crippen molar-refractivity contribution in [2.45, 2.75) is 57.5 Å². The largest absolute Gasteiger partial charge is 0.459 e. The molecule has 3 aromatic rings. The molecule has 4 aliphatic carbocycles. The van der Waals surface area contributed by atoms with Crippen molar-refractivity contribution in [3.63, 3.8) is 0 Å². The average Bonchev–Trinajstić information content (AvgIpc) is 3.27. The van der Waals surface area contributed by atoms with E-state index in [0.29, 0.717) is 11.8 Å². The van der Waals surface area contributed by atoms with Crippen LogP contribution in [-0.2, 0) is 21.6 Å². The minimum Gasteiger partial charge on any atom is -0.459 e. The maximum atomic E-state index is 13.5. The third-order valence-electron chi connectivity index (χ3n) is 8.08. The summed E-state index contributed by atoms with van der Waals surface area (Å²) in [7, 11) is 0. The summed E-state index contributed by atoms with van der Waals surface area (Å²) in [4.78, 5) is 18.2. The van der Waals surface area contributed by atoms with Crippen molar-refractivity contribution in [1.29, 1.82) is 0 Å². The molecule has 0 amide bonds. The van der Waals surface area contributed by atoms with Crippen LogP contribution in [0.5, 0.6) is 0 Å². The topological polar surface area (TPSA) is 39.2 Å². The van der Waals surface area contributed by atoms with Gasteiger partial charge in [-0.2, -0.15) is 0 Å². The molecule has 3 nitrogen and oxygen atoms in total. The van der Waals surface area contributed by atoms with Gasteiger partial charge in [-0.1, -0.05) is 60.2 Å². The molecule has 0 aliphatic heterocycles. The van der Waals surface area contributed by atoms with Crippen LogP contribution in [0.2, 0.25) is 0 Å². The Kier molecular flexibility index (Phi) is 4.76. The molecule has 0 unspecified atom stereocenters. The van der Waals surface area contributed by atoms with E-state index in [9.17, 15) is 4.79 Å². The molecule has 4 bridgehead atoms. The smallest absolute Gasteiger partial charge is 0.312 e. The fraction of sp³-hybridized carbons (Fsp3) is 0.429. The first-order valence-corrected chi connectivity index (χ1v) is 12.7. The highest BCUT2D eigenvalue weighted by Crippen LogP contribution is 2.66. The van der Waals surface area contributed by atoms with Gasteiger partial charge in [-0.05, 0) is 68.3 Å². The molecule has 4 saturated carbocycles. The molecule has 0 radical (unpaired) electrons. The van der Waals surface area contributed by atoms with Crippen molar-refractivity contribution in [2.24, 2.45) is 17.3 Å². The number of ether oxygens (including phenoxy) is 1. The molecule has 0 spiro atoms. The minimum absolute atomic E-state index is 0.0114. The second kappa shape index (κ2) is 7.55. The Labute approximate surface area is 193 Å². The number of rotatable bonds is 5. The van der Waals surface area contributed by atoms with Crippen LogP contribution in [-0.4, -0.2) is 11.0 Å². The van der Waals surface area contributed by atoms with Gasteiger partial charge in [0.25, 0.3) is 0 Å². The summed E-state index contributed by atoms with van der Waals surface area (Å²) >= 11 is 1.61. The summed E-state index contributed by atoms with van der Waals surface area (Å²) in [5.74, 6) is 1.31. The molecule has 4 aliphatic rings. The number of aromatic nitrogens is 1. The van der Waals surface area contributed by atoms with Gasteiger partial charge >= 0.3 is 5.97 Å². The maximum absolute atomic E-state index is 13.5. The molecule has 4 heteroatoms. The Morgan fingerprint density at radius 3 is 2.47 bits per heavy atom. The van der Waals surface area contributed by atoms with E-state index < -0.39 is 0 Å². The molecule has 4 fully saturated rings. The van der Waals surface area contributed by atoms with Crippen molar-refractivity contribution in [3.05, 3.63) is 76.8 Å². The van der Waals surface area contributed by atoms with E-state index in [0.717, 1.165) is 35.5 Å². The van der Waals surface area contributed by atoms with Gasteiger partial charge in [-0.3, -0.25) is 4.79 Å². The second-order valence-electron chi connectivity index (χ2n) is 10.5. The van der Waals surface area contributed by atoms with Crippen LogP contribution in [0, 0.1) is 24.2 Å². The summed E-state index contributed by atoms with van der Waals surface area (Å²) in [5.41, 5.74) is 4.52. The molecule has 32 heavy (non-hydrogen) atoms. The van der Waals surface area contributed by atoms with Crippen molar-refractivity contribution in [1.82, 2.24) is 4.98 Å². The van der Waals surface area contributed by atoms with E-state index >= 15 is 0 Å². The van der Waals surface area contributed by atoms with Crippen LogP contribution in [0.4, 0.5) is 0 Å². The summed E-state index contributed by atoms with van der Waals surface area (Å²) in [6, 6.07) is 19.2. The van der Waals surface area contributed by atoms with Crippen LogP contribution in [0.15, 0.2) is 60.0 Å². The van der Waals surface area contributed by atoms with E-state index in [4.69, 9.17) is 9.72 Å². The highest BCUT2D eigenvalue weighted by atomic mass is 32.1. The van der Waals surface area contributed by atoms with Crippen molar-refractivity contribution >= 4 is 17.3 Å². The number of hydrogen-bond donors (Lipinski definition) is 0. The lowest BCUT2D eigenvalue weighted by Gasteiger charge is -2.61. The number of carbonyl (C=O) groups excluding carboxylic acids is 1. The summed E-state index contributed by atoms with van der Waals surface area (Å²) in [6.45, 7) is 2.42. The molecule has 1 aromatic heterocycles. The lowest BCUT2D eigenvalue weighted by atomic mass is 9.43. The number of nitrogens with zero attached hydrogens (tertiary/aromatic N) is 1. The van der Waals surface area contributed by atoms with Crippen LogP contribution >= 0.6 is 11.3 Å². The Bertz CT molecular complexity index is 1120. The van der Waals surface area contributed by atoms with Crippen LogP contribution in [0.3, 0.4) is 0 Å². The standard InChI is InChI=1S/C28H29NO2S/c1-19-7-9-23(10-8-19)27-12-20-11-21(13-27)15-28(14-20,18-27)26(30)31-16-24-17-32-25(29-24)22-5-3-2-4-6-22/h2-10,17,20-21H,11-16,18H2,1H3/t20-,21-,27?,28?/m0/s1. The van der Waals surface area contributed by atoms with Crippen LogP contribution < -0.4 is 0 Å². The lowest BCUT2D eigenvalue weighted by molar-refractivity contribution is -0.175.